The summed E-state index contributed by atoms with van der Waals surface area (Å²) in [6.07, 6.45) is 1.64. The smallest absolute Gasteiger partial charge is 0.326 e. The topological polar surface area (TPSA) is 108 Å². The van der Waals surface area contributed by atoms with Crippen molar-refractivity contribution in [2.24, 2.45) is 0 Å². The zero-order valence-corrected chi connectivity index (χ0v) is 21.6. The van der Waals surface area contributed by atoms with Gasteiger partial charge in [0.2, 0.25) is 0 Å². The number of halogens is 1. The second-order valence-electron chi connectivity index (χ2n) is 9.05. The van der Waals surface area contributed by atoms with Crippen LogP contribution in [0.2, 0.25) is 0 Å². The molecule has 8 heteroatoms. The molecule has 0 unspecified atom stereocenters. The third kappa shape index (κ3) is 5.45. The summed E-state index contributed by atoms with van der Waals surface area (Å²) in [5.41, 5.74) is 4.17. The standard InChI is InChI=1S/C32H25FN4O3/c1-2-40-29-9-4-3-8-24(29)20-10-12-21(13-11-20)30-26(19-34)31(25-17-22(33)14-15-27(25)36-30)37-28(32(38)39)18-23-7-5-6-16-35-23/h3-17,28H,2,18H2,1H3,(H,36,37)(H,38,39)/t28-/m0/s1. The van der Waals surface area contributed by atoms with Crippen LogP contribution in [-0.4, -0.2) is 33.7 Å². The number of benzene rings is 3. The van der Waals surface area contributed by atoms with Gasteiger partial charge in [0, 0.05) is 34.8 Å². The number of carboxylic acids is 1. The highest BCUT2D eigenvalue weighted by atomic mass is 19.1. The average molecular weight is 533 g/mol. The Bertz CT molecular complexity index is 1720. The van der Waals surface area contributed by atoms with Gasteiger partial charge in [-0.3, -0.25) is 4.98 Å². The molecule has 0 aliphatic heterocycles. The number of nitrogens with zero attached hydrogens (tertiary/aromatic N) is 3. The Kier molecular flexibility index (Phi) is 7.65. The molecule has 5 aromatic rings. The maximum atomic E-state index is 14.3. The van der Waals surface area contributed by atoms with Crippen LogP contribution in [0.5, 0.6) is 5.75 Å². The summed E-state index contributed by atoms with van der Waals surface area (Å²) in [6, 6.07) is 25.6. The first-order chi connectivity index (χ1) is 19.5. The lowest BCUT2D eigenvalue weighted by Gasteiger charge is -2.20. The van der Waals surface area contributed by atoms with E-state index in [1.165, 1.54) is 18.2 Å². The lowest BCUT2D eigenvalue weighted by molar-refractivity contribution is -0.137. The maximum Gasteiger partial charge on any atom is 0.326 e. The molecule has 5 rings (SSSR count). The van der Waals surface area contributed by atoms with Crippen LogP contribution in [0.15, 0.2) is 91.1 Å². The number of aromatic nitrogens is 2. The Morgan fingerprint density at radius 3 is 2.50 bits per heavy atom. The quantitative estimate of drug-likeness (QED) is 0.224. The Morgan fingerprint density at radius 1 is 1.05 bits per heavy atom. The van der Waals surface area contributed by atoms with E-state index in [1.807, 2.05) is 55.5 Å². The van der Waals surface area contributed by atoms with E-state index in [2.05, 4.69) is 21.4 Å². The Hall–Kier alpha value is -5.29. The molecule has 0 aliphatic rings. The second kappa shape index (κ2) is 11.6. The number of rotatable bonds is 9. The summed E-state index contributed by atoms with van der Waals surface area (Å²) < 4.78 is 20.1. The van der Waals surface area contributed by atoms with Gasteiger partial charge in [-0.05, 0) is 48.9 Å². The fraction of sp³-hybridized carbons (Fsp3) is 0.125. The van der Waals surface area contributed by atoms with E-state index in [0.29, 0.717) is 34.5 Å². The first-order valence-electron chi connectivity index (χ1n) is 12.7. The predicted molar refractivity (Wildman–Crippen MR) is 151 cm³/mol. The number of fused-ring (bicyclic) bond motifs is 1. The molecular weight excluding hydrogens is 507 g/mol. The van der Waals surface area contributed by atoms with Crippen molar-refractivity contribution in [1.82, 2.24) is 9.97 Å². The normalized spacial score (nSPS) is 11.5. The first-order valence-corrected chi connectivity index (χ1v) is 12.7. The molecule has 7 nitrogen and oxygen atoms in total. The number of para-hydroxylation sites is 1. The van der Waals surface area contributed by atoms with Gasteiger partial charge in [0.1, 0.15) is 29.2 Å². The molecule has 2 heterocycles. The van der Waals surface area contributed by atoms with Crippen molar-refractivity contribution in [2.75, 3.05) is 11.9 Å². The van der Waals surface area contributed by atoms with Gasteiger partial charge in [0.15, 0.2) is 0 Å². The van der Waals surface area contributed by atoms with E-state index in [0.717, 1.165) is 16.9 Å². The molecule has 0 bridgehead atoms. The first kappa shape index (κ1) is 26.3. The number of hydrogen-bond acceptors (Lipinski definition) is 6. The molecule has 3 aromatic carbocycles. The SMILES string of the molecule is CCOc1ccccc1-c1ccc(-c2nc3ccc(F)cc3c(N[C@@H](Cc3ccccn3)C(=O)O)c2C#N)cc1. The fourth-order valence-electron chi connectivity index (χ4n) is 4.60. The maximum absolute atomic E-state index is 14.3. The summed E-state index contributed by atoms with van der Waals surface area (Å²) >= 11 is 0. The lowest BCUT2D eigenvalue weighted by atomic mass is 9.97. The number of nitriles is 1. The number of hydrogen-bond donors (Lipinski definition) is 2. The molecule has 40 heavy (non-hydrogen) atoms. The van der Waals surface area contributed by atoms with Crippen molar-refractivity contribution >= 4 is 22.6 Å². The van der Waals surface area contributed by atoms with Crippen molar-refractivity contribution in [1.29, 1.82) is 5.26 Å². The number of pyridine rings is 2. The van der Waals surface area contributed by atoms with Gasteiger partial charge in [-0.15, -0.1) is 0 Å². The van der Waals surface area contributed by atoms with E-state index in [-0.39, 0.29) is 17.7 Å². The molecule has 0 fully saturated rings. The predicted octanol–water partition coefficient (Wildman–Crippen LogP) is 6.48. The van der Waals surface area contributed by atoms with Crippen molar-refractivity contribution in [3.63, 3.8) is 0 Å². The molecule has 0 amide bonds. The summed E-state index contributed by atoms with van der Waals surface area (Å²) in [4.78, 5) is 21.2. The van der Waals surface area contributed by atoms with Crippen molar-refractivity contribution in [3.8, 4) is 34.2 Å². The van der Waals surface area contributed by atoms with Crippen molar-refractivity contribution in [3.05, 3.63) is 108 Å². The number of ether oxygens (including phenoxy) is 1. The van der Waals surface area contributed by atoms with Gasteiger partial charge >= 0.3 is 5.97 Å². The number of anilines is 1. The van der Waals surface area contributed by atoms with Gasteiger partial charge in [-0.25, -0.2) is 14.2 Å². The summed E-state index contributed by atoms with van der Waals surface area (Å²) in [6.45, 7) is 2.47. The van der Waals surface area contributed by atoms with Crippen LogP contribution in [0, 0.1) is 17.1 Å². The Labute approximate surface area is 230 Å². The van der Waals surface area contributed by atoms with Gasteiger partial charge in [0.05, 0.1) is 23.5 Å². The Balaban J connectivity index is 1.61. The lowest BCUT2D eigenvalue weighted by Crippen LogP contribution is -2.32. The molecule has 198 valence electrons. The number of nitrogens with one attached hydrogen (secondary N) is 1. The van der Waals surface area contributed by atoms with Crippen LogP contribution in [0.4, 0.5) is 10.1 Å². The van der Waals surface area contributed by atoms with Gasteiger partial charge < -0.3 is 15.2 Å². The third-order valence-electron chi connectivity index (χ3n) is 6.47. The van der Waals surface area contributed by atoms with Gasteiger partial charge in [0.25, 0.3) is 0 Å². The molecule has 2 N–H and O–H groups in total. The molecular formula is C32H25FN4O3. The van der Waals surface area contributed by atoms with Gasteiger partial charge in [-0.2, -0.15) is 5.26 Å². The second-order valence-corrected chi connectivity index (χ2v) is 9.05. The minimum Gasteiger partial charge on any atom is -0.493 e. The highest BCUT2D eigenvalue weighted by Gasteiger charge is 2.24. The number of carbonyl (C=O) groups is 1. The van der Waals surface area contributed by atoms with Crippen LogP contribution in [0.1, 0.15) is 18.2 Å². The van der Waals surface area contributed by atoms with E-state index in [9.17, 15) is 19.6 Å². The molecule has 0 spiro atoms. The van der Waals surface area contributed by atoms with Crippen LogP contribution >= 0.6 is 0 Å². The number of aliphatic carboxylic acids is 1. The molecule has 1 atom stereocenters. The minimum atomic E-state index is -1.13. The Morgan fingerprint density at radius 2 is 1.80 bits per heavy atom. The van der Waals surface area contributed by atoms with Crippen LogP contribution in [0.25, 0.3) is 33.3 Å². The average Bonchev–Trinajstić information content (AvgIpc) is 2.97. The van der Waals surface area contributed by atoms with E-state index < -0.39 is 17.8 Å². The highest BCUT2D eigenvalue weighted by Crippen LogP contribution is 2.36. The van der Waals surface area contributed by atoms with Crippen molar-refractivity contribution < 1.29 is 19.0 Å². The zero-order valence-electron chi connectivity index (χ0n) is 21.6. The largest absolute Gasteiger partial charge is 0.493 e. The van der Waals surface area contributed by atoms with Gasteiger partial charge in [-0.1, -0.05) is 48.5 Å². The van der Waals surface area contributed by atoms with Crippen LogP contribution < -0.4 is 10.1 Å². The molecule has 0 saturated heterocycles. The minimum absolute atomic E-state index is 0.0590. The molecule has 0 saturated carbocycles. The molecule has 2 aromatic heterocycles. The van der Waals surface area contributed by atoms with Crippen LogP contribution in [0.3, 0.4) is 0 Å². The molecule has 0 radical (unpaired) electrons. The van der Waals surface area contributed by atoms with E-state index in [1.54, 1.807) is 24.4 Å². The van der Waals surface area contributed by atoms with E-state index >= 15 is 0 Å². The highest BCUT2D eigenvalue weighted by molar-refractivity contribution is 5.99. The summed E-state index contributed by atoms with van der Waals surface area (Å²) in [5, 5.41) is 23.6. The molecule has 0 aliphatic carbocycles. The zero-order chi connectivity index (χ0) is 28.1. The van der Waals surface area contributed by atoms with Crippen molar-refractivity contribution in [2.45, 2.75) is 19.4 Å². The summed E-state index contributed by atoms with van der Waals surface area (Å²) in [7, 11) is 0. The van der Waals surface area contributed by atoms with E-state index in [4.69, 9.17) is 4.74 Å². The fourth-order valence-corrected chi connectivity index (χ4v) is 4.60. The third-order valence-corrected chi connectivity index (χ3v) is 6.47. The monoisotopic (exact) mass is 532 g/mol. The summed E-state index contributed by atoms with van der Waals surface area (Å²) in [5.74, 6) is -0.891. The van der Waals surface area contributed by atoms with Crippen LogP contribution in [-0.2, 0) is 11.2 Å². The number of carboxylic acid groups (broad SMARTS) is 1.